The fourth-order valence-electron chi connectivity index (χ4n) is 3.05. The van der Waals surface area contributed by atoms with Crippen molar-refractivity contribution in [3.8, 4) is 39.1 Å². The van der Waals surface area contributed by atoms with E-state index in [-0.39, 0.29) is 0 Å². The molecule has 6 nitrogen and oxygen atoms in total. The van der Waals surface area contributed by atoms with Crippen LogP contribution in [0.15, 0.2) is 84.2 Å². The Kier molecular flexibility index (Phi) is 5.11. The van der Waals surface area contributed by atoms with E-state index in [9.17, 15) is 0 Å². The molecule has 0 fully saturated rings. The van der Waals surface area contributed by atoms with Crippen LogP contribution >= 0.6 is 22.9 Å². The van der Waals surface area contributed by atoms with Gasteiger partial charge in [-0.25, -0.2) is 4.98 Å². The first kappa shape index (κ1) is 19.3. The second-order valence-electron chi connectivity index (χ2n) is 6.69. The van der Waals surface area contributed by atoms with Gasteiger partial charge in [-0.3, -0.25) is 0 Å². The van der Waals surface area contributed by atoms with E-state index in [4.69, 9.17) is 22.1 Å². The average Bonchev–Trinajstić information content (AvgIpc) is 3.42. The van der Waals surface area contributed by atoms with Crippen LogP contribution in [0.3, 0.4) is 0 Å². The summed E-state index contributed by atoms with van der Waals surface area (Å²) < 4.78 is 7.42. The van der Waals surface area contributed by atoms with Gasteiger partial charge < -0.3 is 10.5 Å². The highest BCUT2D eigenvalue weighted by Gasteiger charge is 2.17. The largest absolute Gasteiger partial charge is 0.457 e. The fourth-order valence-corrected chi connectivity index (χ4v) is 3.99. The van der Waals surface area contributed by atoms with Gasteiger partial charge in [0.15, 0.2) is 11.5 Å². The summed E-state index contributed by atoms with van der Waals surface area (Å²) in [6.45, 7) is 0. The van der Waals surface area contributed by atoms with E-state index in [0.29, 0.717) is 21.5 Å². The normalized spacial score (nSPS) is 10.9. The molecule has 2 N–H and O–H groups in total. The van der Waals surface area contributed by atoms with Gasteiger partial charge in [-0.15, -0.1) is 16.4 Å². The lowest BCUT2D eigenvalue weighted by Gasteiger charge is -2.07. The summed E-state index contributed by atoms with van der Waals surface area (Å²) in [5, 5.41) is 11.8. The molecule has 0 aliphatic carbocycles. The molecule has 31 heavy (non-hydrogen) atoms. The molecule has 152 valence electrons. The number of nitrogen functional groups attached to an aromatic ring is 1. The van der Waals surface area contributed by atoms with Crippen LogP contribution in [-0.4, -0.2) is 20.0 Å². The van der Waals surface area contributed by atoms with E-state index in [1.165, 1.54) is 11.3 Å². The van der Waals surface area contributed by atoms with Gasteiger partial charge in [-0.1, -0.05) is 47.1 Å². The molecule has 0 saturated carbocycles. The summed E-state index contributed by atoms with van der Waals surface area (Å²) in [5.41, 5.74) is 9.51. The third-order valence-electron chi connectivity index (χ3n) is 4.61. The van der Waals surface area contributed by atoms with E-state index >= 15 is 0 Å². The molecule has 5 aromatic rings. The minimum atomic E-state index is 0.425. The molecule has 0 aliphatic heterocycles. The Morgan fingerprint density at radius 1 is 0.871 bits per heavy atom. The van der Waals surface area contributed by atoms with E-state index in [1.54, 1.807) is 4.68 Å². The van der Waals surface area contributed by atoms with Gasteiger partial charge in [-0.2, -0.15) is 4.68 Å². The Morgan fingerprint density at radius 2 is 1.58 bits per heavy atom. The molecule has 0 amide bonds. The predicted octanol–water partition coefficient (Wildman–Crippen LogP) is 6.09. The third kappa shape index (κ3) is 4.01. The smallest absolute Gasteiger partial charge is 0.165 e. The summed E-state index contributed by atoms with van der Waals surface area (Å²) in [6.07, 6.45) is 0. The van der Waals surface area contributed by atoms with Gasteiger partial charge in [0.25, 0.3) is 0 Å². The SMILES string of the molecule is Nc1c(-c2nc(-c3ccc(Cl)cc3)cs2)nnn1-c1ccc(Oc2ccccc2)cc1. The number of aromatic nitrogens is 4. The molecule has 0 atom stereocenters. The molecule has 2 aromatic heterocycles. The fraction of sp³-hybridized carbons (Fsp3) is 0. The van der Waals surface area contributed by atoms with Gasteiger partial charge in [0.2, 0.25) is 0 Å². The van der Waals surface area contributed by atoms with E-state index in [2.05, 4.69) is 15.3 Å². The number of ether oxygens (including phenoxy) is 1. The van der Waals surface area contributed by atoms with Crippen LogP contribution in [0, 0.1) is 0 Å². The molecule has 0 bridgehead atoms. The Labute approximate surface area is 187 Å². The quantitative estimate of drug-likeness (QED) is 0.354. The first-order valence-electron chi connectivity index (χ1n) is 9.44. The van der Waals surface area contributed by atoms with Crippen LogP contribution in [0.5, 0.6) is 11.5 Å². The Morgan fingerprint density at radius 3 is 2.32 bits per heavy atom. The molecular formula is C23H16ClN5OS. The van der Waals surface area contributed by atoms with Crippen LogP contribution < -0.4 is 10.5 Å². The van der Waals surface area contributed by atoms with Crippen LogP contribution in [0.25, 0.3) is 27.6 Å². The van der Waals surface area contributed by atoms with E-state index in [0.717, 1.165) is 28.4 Å². The van der Waals surface area contributed by atoms with Gasteiger partial charge in [0.1, 0.15) is 16.5 Å². The first-order chi connectivity index (χ1) is 15.2. The number of benzene rings is 3. The predicted molar refractivity (Wildman–Crippen MR) is 124 cm³/mol. The maximum Gasteiger partial charge on any atom is 0.165 e. The zero-order valence-corrected chi connectivity index (χ0v) is 17.7. The lowest BCUT2D eigenvalue weighted by Crippen LogP contribution is -2.02. The molecule has 0 unspecified atom stereocenters. The van der Waals surface area contributed by atoms with Crippen molar-refractivity contribution < 1.29 is 4.74 Å². The van der Waals surface area contributed by atoms with Crippen molar-refractivity contribution in [1.82, 2.24) is 20.0 Å². The maximum atomic E-state index is 6.35. The number of rotatable bonds is 5. The van der Waals surface area contributed by atoms with Gasteiger partial charge in [0, 0.05) is 16.0 Å². The van der Waals surface area contributed by atoms with Crippen LogP contribution in [0.2, 0.25) is 5.02 Å². The van der Waals surface area contributed by atoms with Crippen molar-refractivity contribution in [3.05, 3.63) is 89.3 Å². The lowest BCUT2D eigenvalue weighted by molar-refractivity contribution is 0.482. The van der Waals surface area contributed by atoms with Crippen LogP contribution in [0.1, 0.15) is 0 Å². The monoisotopic (exact) mass is 445 g/mol. The summed E-state index contributed by atoms with van der Waals surface area (Å²) >= 11 is 7.44. The highest BCUT2D eigenvalue weighted by atomic mass is 35.5. The summed E-state index contributed by atoms with van der Waals surface area (Å²) in [4.78, 5) is 4.67. The number of para-hydroxylation sites is 1. The minimum absolute atomic E-state index is 0.425. The Hall–Kier alpha value is -3.68. The molecule has 0 spiro atoms. The second kappa shape index (κ2) is 8.22. The average molecular weight is 446 g/mol. The first-order valence-corrected chi connectivity index (χ1v) is 10.7. The Balaban J connectivity index is 1.38. The molecule has 8 heteroatoms. The van der Waals surface area contributed by atoms with E-state index in [1.807, 2.05) is 84.2 Å². The number of nitrogens with two attached hydrogens (primary N) is 1. The standard InChI is InChI=1S/C23H16ClN5OS/c24-16-8-6-15(7-9-16)20-14-31-23(26-20)21-22(25)29(28-27-21)17-10-12-19(13-11-17)30-18-4-2-1-3-5-18/h1-14H,25H2. The van der Waals surface area contributed by atoms with Gasteiger partial charge >= 0.3 is 0 Å². The zero-order valence-electron chi connectivity index (χ0n) is 16.1. The molecule has 0 radical (unpaired) electrons. The van der Waals surface area contributed by atoms with Crippen molar-refractivity contribution in [2.24, 2.45) is 0 Å². The van der Waals surface area contributed by atoms with Crippen molar-refractivity contribution in [2.45, 2.75) is 0 Å². The number of hydrogen-bond acceptors (Lipinski definition) is 6. The van der Waals surface area contributed by atoms with Crippen LogP contribution in [-0.2, 0) is 0 Å². The zero-order chi connectivity index (χ0) is 21.2. The summed E-state index contributed by atoms with van der Waals surface area (Å²) in [5.74, 6) is 1.92. The number of thiazole rings is 1. The van der Waals surface area contributed by atoms with Crippen molar-refractivity contribution in [2.75, 3.05) is 5.73 Å². The number of nitrogens with zero attached hydrogens (tertiary/aromatic N) is 4. The van der Waals surface area contributed by atoms with Crippen molar-refractivity contribution in [1.29, 1.82) is 0 Å². The molecule has 5 rings (SSSR count). The van der Waals surface area contributed by atoms with Crippen molar-refractivity contribution in [3.63, 3.8) is 0 Å². The number of hydrogen-bond donors (Lipinski definition) is 1. The van der Waals surface area contributed by atoms with Crippen LogP contribution in [0.4, 0.5) is 5.82 Å². The minimum Gasteiger partial charge on any atom is -0.457 e. The highest BCUT2D eigenvalue weighted by Crippen LogP contribution is 2.32. The van der Waals surface area contributed by atoms with E-state index < -0.39 is 0 Å². The van der Waals surface area contributed by atoms with Gasteiger partial charge in [-0.05, 0) is 48.5 Å². The molecular weight excluding hydrogens is 430 g/mol. The molecule has 2 heterocycles. The topological polar surface area (TPSA) is 78.9 Å². The molecule has 3 aromatic carbocycles. The summed E-state index contributed by atoms with van der Waals surface area (Å²) in [6, 6.07) is 24.7. The second-order valence-corrected chi connectivity index (χ2v) is 7.98. The van der Waals surface area contributed by atoms with Gasteiger partial charge in [0.05, 0.1) is 11.4 Å². The number of halogens is 1. The number of anilines is 1. The summed E-state index contributed by atoms with van der Waals surface area (Å²) in [7, 11) is 0. The van der Waals surface area contributed by atoms with Crippen molar-refractivity contribution >= 4 is 28.8 Å². The molecule has 0 aliphatic rings. The highest BCUT2D eigenvalue weighted by molar-refractivity contribution is 7.13. The lowest BCUT2D eigenvalue weighted by atomic mass is 10.2. The Bertz CT molecular complexity index is 1310. The third-order valence-corrected chi connectivity index (χ3v) is 5.71. The molecule has 0 saturated heterocycles. The maximum absolute atomic E-state index is 6.35.